The topological polar surface area (TPSA) is 110 Å². The van der Waals surface area contributed by atoms with E-state index in [4.69, 9.17) is 8.83 Å². The molecule has 3 aromatic heterocycles. The molecule has 31 heavy (non-hydrogen) atoms. The number of rotatable bonds is 6. The summed E-state index contributed by atoms with van der Waals surface area (Å²) in [7, 11) is 0. The molecule has 156 valence electrons. The lowest BCUT2D eigenvalue weighted by molar-refractivity contribution is 0.0994. The fourth-order valence-corrected chi connectivity index (χ4v) is 3.52. The number of hydrogen-bond acceptors (Lipinski definition) is 7. The Bertz CT molecular complexity index is 1200. The van der Waals surface area contributed by atoms with Crippen molar-refractivity contribution in [2.45, 2.75) is 11.9 Å². The molecule has 0 bridgehead atoms. The molecule has 4 aromatic rings. The molecule has 0 aliphatic carbocycles. The van der Waals surface area contributed by atoms with Gasteiger partial charge in [-0.05, 0) is 61.7 Å². The summed E-state index contributed by atoms with van der Waals surface area (Å²) in [6.07, 6.45) is 4.83. The summed E-state index contributed by atoms with van der Waals surface area (Å²) in [5, 5.41) is 6.13. The van der Waals surface area contributed by atoms with Gasteiger partial charge in [-0.15, -0.1) is 11.8 Å². The number of nitrogens with zero attached hydrogens (tertiary/aromatic N) is 2. The molecule has 9 heteroatoms. The normalized spacial score (nSPS) is 10.6. The lowest BCUT2D eigenvalue weighted by Crippen LogP contribution is -2.17. The van der Waals surface area contributed by atoms with Crippen molar-refractivity contribution in [3.8, 4) is 11.6 Å². The van der Waals surface area contributed by atoms with E-state index in [0.29, 0.717) is 39.2 Å². The van der Waals surface area contributed by atoms with E-state index >= 15 is 0 Å². The Kier molecular flexibility index (Phi) is 5.85. The number of amides is 2. The molecule has 0 saturated heterocycles. The molecule has 0 aliphatic rings. The fourth-order valence-electron chi connectivity index (χ4n) is 2.90. The minimum Gasteiger partial charge on any atom is -0.461 e. The predicted octanol–water partition coefficient (Wildman–Crippen LogP) is 4.86. The highest BCUT2D eigenvalue weighted by molar-refractivity contribution is 7.98. The molecular weight excluding hydrogens is 416 g/mol. The van der Waals surface area contributed by atoms with E-state index in [2.05, 4.69) is 20.6 Å². The molecule has 0 fully saturated rings. The molecule has 0 atom stereocenters. The zero-order valence-electron chi connectivity index (χ0n) is 16.7. The summed E-state index contributed by atoms with van der Waals surface area (Å²) >= 11 is 1.36. The maximum absolute atomic E-state index is 12.9. The minimum atomic E-state index is -0.351. The largest absolute Gasteiger partial charge is 0.461 e. The van der Waals surface area contributed by atoms with E-state index in [0.717, 1.165) is 0 Å². The number of anilines is 2. The standard InChI is InChI=1S/C22H18N4O4S/c1-13-18(22(31-2)26-19(23-13)16-5-3-11-29-16)21(28)25-15-9-7-14(8-10-15)24-20(27)17-6-4-12-30-17/h3-12H,1-2H3,(H,24,27)(H,25,28). The van der Waals surface area contributed by atoms with Crippen LogP contribution >= 0.6 is 11.8 Å². The summed E-state index contributed by atoms with van der Waals surface area (Å²) in [6, 6.07) is 13.5. The van der Waals surface area contributed by atoms with Crippen molar-refractivity contribution in [2.75, 3.05) is 16.9 Å². The molecule has 0 radical (unpaired) electrons. The van der Waals surface area contributed by atoms with Crippen molar-refractivity contribution in [3.63, 3.8) is 0 Å². The molecular formula is C22H18N4O4S. The van der Waals surface area contributed by atoms with Crippen molar-refractivity contribution in [1.82, 2.24) is 9.97 Å². The van der Waals surface area contributed by atoms with Crippen molar-refractivity contribution in [1.29, 1.82) is 0 Å². The number of nitrogens with one attached hydrogen (secondary N) is 2. The number of aromatic nitrogens is 2. The molecule has 8 nitrogen and oxygen atoms in total. The third-order valence-electron chi connectivity index (χ3n) is 4.36. The Morgan fingerprint density at radius 2 is 1.52 bits per heavy atom. The summed E-state index contributed by atoms with van der Waals surface area (Å²) in [4.78, 5) is 33.9. The first-order valence-electron chi connectivity index (χ1n) is 9.28. The Hall–Kier alpha value is -3.85. The van der Waals surface area contributed by atoms with Gasteiger partial charge >= 0.3 is 0 Å². The van der Waals surface area contributed by atoms with Crippen molar-refractivity contribution < 1.29 is 18.4 Å². The van der Waals surface area contributed by atoms with E-state index in [-0.39, 0.29) is 17.6 Å². The SMILES string of the molecule is CSc1nc(-c2ccco2)nc(C)c1C(=O)Nc1ccc(NC(=O)c2ccco2)cc1. The highest BCUT2D eigenvalue weighted by atomic mass is 32.2. The number of carbonyl (C=O) groups is 2. The van der Waals surface area contributed by atoms with Crippen molar-refractivity contribution in [3.05, 3.63) is 78.1 Å². The average molecular weight is 434 g/mol. The lowest BCUT2D eigenvalue weighted by Gasteiger charge is -2.12. The summed E-state index contributed by atoms with van der Waals surface area (Å²) < 4.78 is 10.4. The molecule has 0 unspecified atom stereocenters. The zero-order valence-corrected chi connectivity index (χ0v) is 17.5. The Balaban J connectivity index is 1.49. The second-order valence-corrected chi connectivity index (χ2v) is 7.25. The smallest absolute Gasteiger partial charge is 0.291 e. The van der Waals surface area contributed by atoms with Crippen LogP contribution in [0.25, 0.3) is 11.6 Å². The average Bonchev–Trinajstić information content (AvgIpc) is 3.48. The van der Waals surface area contributed by atoms with Crippen LogP contribution in [0.2, 0.25) is 0 Å². The first kappa shape index (κ1) is 20.4. The number of hydrogen-bond donors (Lipinski definition) is 2. The summed E-state index contributed by atoms with van der Waals surface area (Å²) in [5.74, 6) is 0.518. The van der Waals surface area contributed by atoms with Crippen molar-refractivity contribution >= 4 is 35.0 Å². The van der Waals surface area contributed by atoms with Gasteiger partial charge in [-0.1, -0.05) is 0 Å². The van der Waals surface area contributed by atoms with Crippen LogP contribution in [0.5, 0.6) is 0 Å². The number of aryl methyl sites for hydroxylation is 1. The number of thioether (sulfide) groups is 1. The van der Waals surface area contributed by atoms with Gasteiger partial charge in [0.25, 0.3) is 11.8 Å². The van der Waals surface area contributed by atoms with Crippen LogP contribution in [0, 0.1) is 6.92 Å². The first-order chi connectivity index (χ1) is 15.0. The predicted molar refractivity (Wildman–Crippen MR) is 117 cm³/mol. The van der Waals surface area contributed by atoms with Gasteiger partial charge in [-0.2, -0.15) is 0 Å². The number of furan rings is 2. The number of carbonyl (C=O) groups excluding carboxylic acids is 2. The molecule has 1 aromatic carbocycles. The van der Waals surface area contributed by atoms with Crippen molar-refractivity contribution in [2.24, 2.45) is 0 Å². The van der Waals surface area contributed by atoms with Crippen LogP contribution in [0.15, 0.2) is 74.9 Å². The second-order valence-electron chi connectivity index (χ2n) is 6.46. The fraction of sp³-hybridized carbons (Fsp3) is 0.0909. The Morgan fingerprint density at radius 3 is 2.10 bits per heavy atom. The number of benzene rings is 1. The van der Waals surface area contributed by atoms with Gasteiger partial charge < -0.3 is 19.5 Å². The van der Waals surface area contributed by atoms with E-state index in [1.165, 1.54) is 18.0 Å². The first-order valence-corrected chi connectivity index (χ1v) is 10.5. The van der Waals surface area contributed by atoms with Crippen LogP contribution in [0.1, 0.15) is 26.6 Å². The van der Waals surface area contributed by atoms with Crippen LogP contribution in [-0.2, 0) is 0 Å². The van der Waals surface area contributed by atoms with E-state index in [1.807, 2.05) is 6.26 Å². The molecule has 0 saturated carbocycles. The van der Waals surface area contributed by atoms with Gasteiger partial charge in [-0.25, -0.2) is 9.97 Å². The van der Waals surface area contributed by atoms with E-state index < -0.39 is 0 Å². The quantitative estimate of drug-likeness (QED) is 0.329. The maximum atomic E-state index is 12.9. The van der Waals surface area contributed by atoms with E-state index in [1.54, 1.807) is 61.7 Å². The summed E-state index contributed by atoms with van der Waals surface area (Å²) in [5.41, 5.74) is 2.10. The van der Waals surface area contributed by atoms with Crippen LogP contribution in [0.4, 0.5) is 11.4 Å². The maximum Gasteiger partial charge on any atom is 0.291 e. The monoisotopic (exact) mass is 434 g/mol. The molecule has 3 heterocycles. The van der Waals surface area contributed by atoms with Gasteiger partial charge in [0.2, 0.25) is 0 Å². The van der Waals surface area contributed by atoms with Gasteiger partial charge in [0.05, 0.1) is 23.8 Å². The third kappa shape index (κ3) is 4.51. The van der Waals surface area contributed by atoms with Gasteiger partial charge in [0.15, 0.2) is 17.3 Å². The van der Waals surface area contributed by atoms with Crippen LogP contribution < -0.4 is 10.6 Å². The molecule has 4 rings (SSSR count). The Labute approximate surface area is 182 Å². The molecule has 2 N–H and O–H groups in total. The second kappa shape index (κ2) is 8.88. The van der Waals surface area contributed by atoms with Gasteiger partial charge in [0, 0.05) is 11.4 Å². The Morgan fingerprint density at radius 1 is 0.871 bits per heavy atom. The molecule has 2 amide bonds. The molecule has 0 spiro atoms. The van der Waals surface area contributed by atoms with Crippen LogP contribution in [0.3, 0.4) is 0 Å². The summed E-state index contributed by atoms with van der Waals surface area (Å²) in [6.45, 7) is 1.76. The lowest BCUT2D eigenvalue weighted by atomic mass is 10.2. The van der Waals surface area contributed by atoms with Gasteiger partial charge in [0.1, 0.15) is 5.03 Å². The minimum absolute atomic E-state index is 0.218. The molecule has 0 aliphatic heterocycles. The van der Waals surface area contributed by atoms with Gasteiger partial charge in [-0.3, -0.25) is 9.59 Å². The highest BCUT2D eigenvalue weighted by Crippen LogP contribution is 2.26. The highest BCUT2D eigenvalue weighted by Gasteiger charge is 2.20. The van der Waals surface area contributed by atoms with Crippen LogP contribution in [-0.4, -0.2) is 28.0 Å². The zero-order chi connectivity index (χ0) is 21.8. The third-order valence-corrected chi connectivity index (χ3v) is 5.05. The van der Waals surface area contributed by atoms with E-state index in [9.17, 15) is 9.59 Å².